The number of hydrogen-bond acceptors (Lipinski definition) is 2. The molecule has 0 aromatic carbocycles. The summed E-state index contributed by atoms with van der Waals surface area (Å²) in [6.07, 6.45) is 2.40. The first-order chi connectivity index (χ1) is 5.52. The van der Waals surface area contributed by atoms with E-state index in [0.717, 1.165) is 6.42 Å². The largest absolute Gasteiger partial charge is 0.481 e. The Bertz CT molecular complexity index is 169. The molecular weight excluding hydrogens is 156 g/mol. The maximum atomic E-state index is 10.1. The lowest BCUT2D eigenvalue weighted by molar-refractivity contribution is -0.139. The maximum Gasteiger partial charge on any atom is 0.305 e. The smallest absolute Gasteiger partial charge is 0.305 e. The van der Waals surface area contributed by atoms with Gasteiger partial charge in [0, 0.05) is 0 Å². The third-order valence-corrected chi connectivity index (χ3v) is 1.46. The first kappa shape index (κ1) is 11.2. The Morgan fingerprint density at radius 2 is 2.08 bits per heavy atom. The maximum absolute atomic E-state index is 10.1. The predicted molar refractivity (Wildman–Crippen MR) is 46.9 cm³/mol. The summed E-state index contributed by atoms with van der Waals surface area (Å²) in [5.74, 6) is -0.945. The first-order valence-corrected chi connectivity index (χ1v) is 4.05. The van der Waals surface area contributed by atoms with Crippen molar-refractivity contribution in [3.05, 3.63) is 11.6 Å². The number of hydrogen-bond donors (Lipinski definition) is 2. The fourth-order valence-electron chi connectivity index (χ4n) is 0.868. The second-order valence-electron chi connectivity index (χ2n) is 3.11. The van der Waals surface area contributed by atoms with Crippen LogP contribution in [0.25, 0.3) is 0 Å². The minimum atomic E-state index is -0.945. The van der Waals surface area contributed by atoms with Gasteiger partial charge in [0.1, 0.15) is 0 Å². The minimum Gasteiger partial charge on any atom is -0.481 e. The molecule has 0 aliphatic carbocycles. The van der Waals surface area contributed by atoms with Crippen molar-refractivity contribution in [1.82, 2.24) is 0 Å². The number of carboxylic acids is 1. The zero-order chi connectivity index (χ0) is 9.56. The van der Waals surface area contributed by atoms with Crippen LogP contribution >= 0.6 is 0 Å². The van der Waals surface area contributed by atoms with Crippen LogP contribution in [-0.4, -0.2) is 22.3 Å². The average molecular weight is 172 g/mol. The third kappa shape index (κ3) is 7.28. The molecule has 0 heterocycles. The van der Waals surface area contributed by atoms with Crippen molar-refractivity contribution in [2.75, 3.05) is 0 Å². The highest BCUT2D eigenvalue weighted by molar-refractivity contribution is 5.67. The fraction of sp³-hybridized carbons (Fsp3) is 0.667. The summed E-state index contributed by atoms with van der Waals surface area (Å²) in [4.78, 5) is 10.1. The van der Waals surface area contributed by atoms with E-state index in [2.05, 4.69) is 0 Å². The van der Waals surface area contributed by atoms with Crippen LogP contribution in [0.1, 0.15) is 33.1 Å². The van der Waals surface area contributed by atoms with E-state index in [0.29, 0.717) is 6.42 Å². The highest BCUT2D eigenvalue weighted by atomic mass is 16.4. The van der Waals surface area contributed by atoms with Gasteiger partial charge in [0.15, 0.2) is 0 Å². The molecule has 70 valence electrons. The van der Waals surface area contributed by atoms with Gasteiger partial charge in [0.25, 0.3) is 0 Å². The molecule has 3 nitrogen and oxygen atoms in total. The van der Waals surface area contributed by atoms with E-state index in [1.807, 2.05) is 19.9 Å². The fourth-order valence-corrected chi connectivity index (χ4v) is 0.868. The highest BCUT2D eigenvalue weighted by Crippen LogP contribution is 2.04. The van der Waals surface area contributed by atoms with Gasteiger partial charge in [-0.25, -0.2) is 0 Å². The summed E-state index contributed by atoms with van der Waals surface area (Å²) in [7, 11) is 0. The van der Waals surface area contributed by atoms with Crippen LogP contribution in [0, 0.1) is 0 Å². The topological polar surface area (TPSA) is 57.5 Å². The summed E-state index contributed by atoms with van der Waals surface area (Å²) in [5, 5.41) is 17.4. The number of aliphatic hydroxyl groups excluding tert-OH is 1. The van der Waals surface area contributed by atoms with Crippen LogP contribution < -0.4 is 0 Å². The number of rotatable bonds is 5. The van der Waals surface area contributed by atoms with Crippen molar-refractivity contribution < 1.29 is 15.0 Å². The molecule has 2 N–H and O–H groups in total. The van der Waals surface area contributed by atoms with E-state index in [9.17, 15) is 4.79 Å². The molecule has 0 aromatic rings. The monoisotopic (exact) mass is 172 g/mol. The Hall–Kier alpha value is -0.830. The van der Waals surface area contributed by atoms with Crippen LogP contribution in [0.5, 0.6) is 0 Å². The van der Waals surface area contributed by atoms with Gasteiger partial charge in [-0.3, -0.25) is 4.79 Å². The Balaban J connectivity index is 3.50. The number of allylic oxidation sites excluding steroid dienone is 2. The summed E-state index contributed by atoms with van der Waals surface area (Å²) in [5.41, 5.74) is 1.19. The number of carboxylic acid groups (broad SMARTS) is 1. The Kier molecular flexibility index (Phi) is 5.37. The van der Waals surface area contributed by atoms with Crippen molar-refractivity contribution in [3.8, 4) is 0 Å². The SMILES string of the molecule is CC(C)=CCC[C@@H](O)CC(=O)O. The second-order valence-corrected chi connectivity index (χ2v) is 3.11. The van der Waals surface area contributed by atoms with E-state index < -0.39 is 12.1 Å². The lowest BCUT2D eigenvalue weighted by atomic mass is 10.1. The van der Waals surface area contributed by atoms with Crippen LogP contribution in [0.2, 0.25) is 0 Å². The molecule has 0 unspecified atom stereocenters. The quantitative estimate of drug-likeness (QED) is 0.619. The van der Waals surface area contributed by atoms with Gasteiger partial charge in [-0.05, 0) is 26.7 Å². The molecule has 0 fully saturated rings. The normalized spacial score (nSPS) is 12.2. The first-order valence-electron chi connectivity index (χ1n) is 4.05. The Labute approximate surface area is 72.7 Å². The van der Waals surface area contributed by atoms with E-state index in [1.54, 1.807) is 0 Å². The van der Waals surface area contributed by atoms with Crippen molar-refractivity contribution in [1.29, 1.82) is 0 Å². The van der Waals surface area contributed by atoms with Gasteiger partial charge in [-0.1, -0.05) is 11.6 Å². The molecule has 0 bridgehead atoms. The van der Waals surface area contributed by atoms with Gasteiger partial charge < -0.3 is 10.2 Å². The molecule has 0 aromatic heterocycles. The second kappa shape index (κ2) is 5.77. The third-order valence-electron chi connectivity index (χ3n) is 1.46. The van der Waals surface area contributed by atoms with Crippen molar-refractivity contribution in [3.63, 3.8) is 0 Å². The Morgan fingerprint density at radius 3 is 2.50 bits per heavy atom. The summed E-state index contributed by atoms with van der Waals surface area (Å²) >= 11 is 0. The molecule has 0 radical (unpaired) electrons. The summed E-state index contributed by atoms with van der Waals surface area (Å²) in [6, 6.07) is 0. The summed E-state index contributed by atoms with van der Waals surface area (Å²) < 4.78 is 0. The molecule has 0 aliphatic rings. The van der Waals surface area contributed by atoms with Crippen molar-refractivity contribution in [2.24, 2.45) is 0 Å². The minimum absolute atomic E-state index is 0.156. The zero-order valence-electron chi connectivity index (χ0n) is 7.58. The van der Waals surface area contributed by atoms with Gasteiger partial charge in [-0.15, -0.1) is 0 Å². The molecule has 0 rings (SSSR count). The number of aliphatic carboxylic acids is 1. The molecule has 0 amide bonds. The van der Waals surface area contributed by atoms with Gasteiger partial charge in [0.05, 0.1) is 12.5 Å². The lowest BCUT2D eigenvalue weighted by Crippen LogP contribution is -2.12. The van der Waals surface area contributed by atoms with E-state index >= 15 is 0 Å². The molecule has 12 heavy (non-hydrogen) atoms. The molecular formula is C9H16O3. The molecule has 0 aliphatic heterocycles. The van der Waals surface area contributed by atoms with Crippen molar-refractivity contribution in [2.45, 2.75) is 39.2 Å². The molecule has 0 spiro atoms. The zero-order valence-corrected chi connectivity index (χ0v) is 7.58. The summed E-state index contributed by atoms with van der Waals surface area (Å²) in [6.45, 7) is 3.95. The average Bonchev–Trinajstić information content (AvgIpc) is 1.84. The van der Waals surface area contributed by atoms with Crippen LogP contribution in [-0.2, 0) is 4.79 Å². The predicted octanol–water partition coefficient (Wildman–Crippen LogP) is 1.57. The lowest BCUT2D eigenvalue weighted by Gasteiger charge is -2.04. The standard InChI is InChI=1S/C9H16O3/c1-7(2)4-3-5-8(10)6-9(11)12/h4,8,10H,3,5-6H2,1-2H3,(H,11,12)/t8-/m1/s1. The van der Waals surface area contributed by atoms with E-state index in [4.69, 9.17) is 10.2 Å². The van der Waals surface area contributed by atoms with Gasteiger partial charge in [0.2, 0.25) is 0 Å². The molecule has 1 atom stereocenters. The highest BCUT2D eigenvalue weighted by Gasteiger charge is 2.07. The number of aliphatic hydroxyl groups is 1. The number of carbonyl (C=O) groups is 1. The van der Waals surface area contributed by atoms with Gasteiger partial charge >= 0.3 is 5.97 Å². The van der Waals surface area contributed by atoms with E-state index in [1.165, 1.54) is 5.57 Å². The van der Waals surface area contributed by atoms with Crippen molar-refractivity contribution >= 4 is 5.97 Å². The van der Waals surface area contributed by atoms with E-state index in [-0.39, 0.29) is 6.42 Å². The van der Waals surface area contributed by atoms with Crippen LogP contribution in [0.15, 0.2) is 11.6 Å². The molecule has 3 heteroatoms. The van der Waals surface area contributed by atoms with Gasteiger partial charge in [-0.2, -0.15) is 0 Å². The molecule has 0 saturated carbocycles. The molecule has 0 saturated heterocycles. The Morgan fingerprint density at radius 1 is 1.50 bits per heavy atom. The van der Waals surface area contributed by atoms with Crippen LogP contribution in [0.4, 0.5) is 0 Å². The van der Waals surface area contributed by atoms with Crippen LogP contribution in [0.3, 0.4) is 0 Å².